The lowest BCUT2D eigenvalue weighted by Crippen LogP contribution is -2.39. The Hall–Kier alpha value is -3.46. The van der Waals surface area contributed by atoms with Gasteiger partial charge in [0.05, 0.1) is 18.2 Å². The summed E-state index contributed by atoms with van der Waals surface area (Å²) in [5, 5.41) is 4.01. The van der Waals surface area contributed by atoms with Crippen LogP contribution in [0.4, 0.5) is 10.1 Å². The molecule has 1 amide bonds. The van der Waals surface area contributed by atoms with Crippen molar-refractivity contribution in [3.63, 3.8) is 0 Å². The van der Waals surface area contributed by atoms with Gasteiger partial charge in [0.2, 0.25) is 10.0 Å². The molecule has 1 N–H and O–H groups in total. The van der Waals surface area contributed by atoms with E-state index in [2.05, 4.69) is 47.1 Å². The average molecular weight is 471 g/mol. The second kappa shape index (κ2) is 9.58. The summed E-state index contributed by atoms with van der Waals surface area (Å²) < 4.78 is 40.4. The summed E-state index contributed by atoms with van der Waals surface area (Å²) in [4.78, 5) is 12.4. The molecule has 0 unspecified atom stereocenters. The Kier molecular flexibility index (Phi) is 7.02. The highest BCUT2D eigenvalue weighted by Gasteiger charge is 2.20. The Labute approximate surface area is 193 Å². The van der Waals surface area contributed by atoms with Crippen molar-refractivity contribution in [3.8, 4) is 5.69 Å². The van der Waals surface area contributed by atoms with E-state index in [1.807, 2.05) is 19.9 Å². The highest BCUT2D eigenvalue weighted by atomic mass is 32.2. The number of carbonyl (C=O) groups excluding carboxylic acids is 1. The van der Waals surface area contributed by atoms with Crippen molar-refractivity contribution in [3.05, 3.63) is 82.4 Å². The van der Waals surface area contributed by atoms with Crippen LogP contribution < -0.4 is 9.73 Å². The molecule has 0 saturated carbocycles. The van der Waals surface area contributed by atoms with Crippen molar-refractivity contribution in [1.29, 1.82) is 0 Å². The minimum absolute atomic E-state index is 0.190. The number of hydrogen-bond acceptors (Lipinski definition) is 4. The van der Waals surface area contributed by atoms with Crippen molar-refractivity contribution in [2.24, 2.45) is 5.10 Å². The summed E-state index contributed by atoms with van der Waals surface area (Å²) in [5.41, 5.74) is 8.81. The highest BCUT2D eigenvalue weighted by Crippen LogP contribution is 2.22. The van der Waals surface area contributed by atoms with Gasteiger partial charge in [-0.05, 0) is 81.3 Å². The van der Waals surface area contributed by atoms with Crippen molar-refractivity contribution in [2.75, 3.05) is 17.1 Å². The van der Waals surface area contributed by atoms with E-state index in [9.17, 15) is 17.6 Å². The molecule has 3 rings (SSSR count). The van der Waals surface area contributed by atoms with Crippen LogP contribution in [0.2, 0.25) is 0 Å². The van der Waals surface area contributed by atoms with E-state index in [0.717, 1.165) is 45.3 Å². The van der Waals surface area contributed by atoms with Crippen LogP contribution in [0.5, 0.6) is 0 Å². The molecule has 0 spiro atoms. The van der Waals surface area contributed by atoms with E-state index < -0.39 is 28.3 Å². The van der Waals surface area contributed by atoms with E-state index in [1.165, 1.54) is 29.5 Å². The predicted octanol–water partition coefficient (Wildman–Crippen LogP) is 3.77. The number of aromatic nitrogens is 1. The first-order chi connectivity index (χ1) is 15.5. The number of nitrogens with zero attached hydrogens (tertiary/aromatic N) is 3. The normalized spacial score (nSPS) is 11.7. The molecule has 33 heavy (non-hydrogen) atoms. The maximum atomic E-state index is 13.2. The van der Waals surface area contributed by atoms with Gasteiger partial charge in [-0.2, -0.15) is 5.10 Å². The Morgan fingerprint density at radius 1 is 1.06 bits per heavy atom. The van der Waals surface area contributed by atoms with E-state index in [0.29, 0.717) is 0 Å². The van der Waals surface area contributed by atoms with Crippen molar-refractivity contribution in [1.82, 2.24) is 9.99 Å². The molecule has 174 valence electrons. The van der Waals surface area contributed by atoms with Crippen LogP contribution in [0.25, 0.3) is 5.69 Å². The minimum Gasteiger partial charge on any atom is -0.318 e. The molecule has 1 heterocycles. The van der Waals surface area contributed by atoms with Gasteiger partial charge in [0, 0.05) is 22.6 Å². The van der Waals surface area contributed by atoms with Crippen LogP contribution in [-0.4, -0.2) is 37.9 Å². The summed E-state index contributed by atoms with van der Waals surface area (Å²) in [6, 6.07) is 13.1. The zero-order chi connectivity index (χ0) is 24.3. The number of nitrogens with one attached hydrogen (secondary N) is 1. The molecule has 0 fully saturated rings. The standard InChI is InChI=1S/C24H27FN4O3S/c1-16-6-9-23(12-17(16)2)29-18(3)13-20(19(29)4)14-26-27-24(30)15-28(33(5,31)32)22-10-7-21(25)8-11-22/h6-14H,15H2,1-5H3,(H,27,30)/b26-14-. The molecule has 3 aromatic rings. The molecule has 0 aliphatic rings. The predicted molar refractivity (Wildman–Crippen MR) is 129 cm³/mol. The zero-order valence-electron chi connectivity index (χ0n) is 19.3. The second-order valence-corrected chi connectivity index (χ2v) is 9.88. The van der Waals surface area contributed by atoms with Gasteiger partial charge in [0.15, 0.2) is 0 Å². The summed E-state index contributed by atoms with van der Waals surface area (Å²) >= 11 is 0. The summed E-state index contributed by atoms with van der Waals surface area (Å²) in [7, 11) is -3.75. The molecule has 9 heteroatoms. The first kappa shape index (κ1) is 24.2. The fourth-order valence-electron chi connectivity index (χ4n) is 3.53. The fraction of sp³-hybridized carbons (Fsp3) is 0.250. The monoisotopic (exact) mass is 470 g/mol. The molecular weight excluding hydrogens is 443 g/mol. The largest absolute Gasteiger partial charge is 0.318 e. The van der Waals surface area contributed by atoms with Crippen LogP contribution in [0.15, 0.2) is 53.6 Å². The van der Waals surface area contributed by atoms with Crippen molar-refractivity contribution in [2.45, 2.75) is 27.7 Å². The van der Waals surface area contributed by atoms with Gasteiger partial charge in [-0.15, -0.1) is 0 Å². The van der Waals surface area contributed by atoms with E-state index in [-0.39, 0.29) is 5.69 Å². The Bertz CT molecular complexity index is 1310. The lowest BCUT2D eigenvalue weighted by molar-refractivity contribution is -0.119. The lowest BCUT2D eigenvalue weighted by atomic mass is 10.1. The molecule has 0 aliphatic heterocycles. The molecule has 7 nitrogen and oxygen atoms in total. The zero-order valence-corrected chi connectivity index (χ0v) is 20.1. The fourth-order valence-corrected chi connectivity index (χ4v) is 4.38. The molecule has 2 aromatic carbocycles. The molecule has 0 atom stereocenters. The number of sulfonamides is 1. The van der Waals surface area contributed by atoms with Crippen molar-refractivity contribution >= 4 is 27.8 Å². The summed E-state index contributed by atoms with van der Waals surface area (Å²) in [6.45, 7) is 7.60. The molecule has 0 saturated heterocycles. The number of anilines is 1. The number of hydrogen-bond donors (Lipinski definition) is 1. The minimum atomic E-state index is -3.75. The Morgan fingerprint density at radius 2 is 1.73 bits per heavy atom. The van der Waals surface area contributed by atoms with Gasteiger partial charge in [-0.1, -0.05) is 6.07 Å². The highest BCUT2D eigenvalue weighted by molar-refractivity contribution is 7.92. The van der Waals surface area contributed by atoms with Crippen LogP contribution in [0.1, 0.15) is 28.1 Å². The van der Waals surface area contributed by atoms with Crippen molar-refractivity contribution < 1.29 is 17.6 Å². The smallest absolute Gasteiger partial charge is 0.260 e. The summed E-state index contributed by atoms with van der Waals surface area (Å²) in [6.07, 6.45) is 2.51. The maximum Gasteiger partial charge on any atom is 0.260 e. The van der Waals surface area contributed by atoms with Crippen LogP contribution in [0.3, 0.4) is 0 Å². The van der Waals surface area contributed by atoms with Crippen LogP contribution >= 0.6 is 0 Å². The molecular formula is C24H27FN4O3S. The van der Waals surface area contributed by atoms with Gasteiger partial charge in [0.25, 0.3) is 5.91 Å². The third-order valence-corrected chi connectivity index (χ3v) is 6.55. The van der Waals surface area contributed by atoms with Gasteiger partial charge in [-0.25, -0.2) is 18.2 Å². The average Bonchev–Trinajstić information content (AvgIpc) is 3.01. The number of rotatable bonds is 7. The maximum absolute atomic E-state index is 13.2. The third kappa shape index (κ3) is 5.67. The lowest BCUT2D eigenvalue weighted by Gasteiger charge is -2.21. The molecule has 1 aromatic heterocycles. The van der Waals surface area contributed by atoms with Gasteiger partial charge in [-0.3, -0.25) is 9.10 Å². The first-order valence-corrected chi connectivity index (χ1v) is 12.1. The van der Waals surface area contributed by atoms with E-state index >= 15 is 0 Å². The van der Waals surface area contributed by atoms with Gasteiger partial charge in [0.1, 0.15) is 12.4 Å². The Balaban J connectivity index is 1.75. The Morgan fingerprint density at radius 3 is 2.33 bits per heavy atom. The molecule has 0 bridgehead atoms. The van der Waals surface area contributed by atoms with E-state index in [4.69, 9.17) is 0 Å². The van der Waals surface area contributed by atoms with Crippen LogP contribution in [0, 0.1) is 33.5 Å². The topological polar surface area (TPSA) is 83.8 Å². The summed E-state index contributed by atoms with van der Waals surface area (Å²) in [5.74, 6) is -1.12. The van der Waals surface area contributed by atoms with Crippen LogP contribution in [-0.2, 0) is 14.8 Å². The number of carbonyl (C=O) groups is 1. The third-order valence-electron chi connectivity index (χ3n) is 5.41. The molecule has 0 radical (unpaired) electrons. The number of benzene rings is 2. The number of aryl methyl sites for hydroxylation is 3. The second-order valence-electron chi connectivity index (χ2n) is 7.97. The number of halogens is 1. The molecule has 0 aliphatic carbocycles. The number of amides is 1. The van der Waals surface area contributed by atoms with E-state index in [1.54, 1.807) is 0 Å². The quantitative estimate of drug-likeness (QED) is 0.422. The SMILES string of the molecule is Cc1ccc(-n2c(C)cc(/C=N\NC(=O)CN(c3ccc(F)cc3)S(C)(=O)=O)c2C)cc1C. The first-order valence-electron chi connectivity index (χ1n) is 10.3. The van der Waals surface area contributed by atoms with Gasteiger partial charge < -0.3 is 4.57 Å². The number of hydrazone groups is 1. The van der Waals surface area contributed by atoms with Gasteiger partial charge >= 0.3 is 0 Å².